The van der Waals surface area contributed by atoms with Gasteiger partial charge in [-0.05, 0) is 25.8 Å². The number of rotatable bonds is 4. The van der Waals surface area contributed by atoms with Gasteiger partial charge in [-0.3, -0.25) is 4.21 Å². The Morgan fingerprint density at radius 2 is 1.47 bits per heavy atom. The number of nitrogens with one attached hydrogen (secondary N) is 1. The molecule has 0 bridgehead atoms. The van der Waals surface area contributed by atoms with Crippen molar-refractivity contribution in [3.8, 4) is 0 Å². The first kappa shape index (κ1) is 17.2. The highest BCUT2D eigenvalue weighted by molar-refractivity contribution is 7.85. The molecule has 0 saturated heterocycles. The quantitative estimate of drug-likeness (QED) is 0.846. The Labute approximate surface area is 122 Å². The molecule has 2 nitrogen and oxygen atoms in total. The SMILES string of the molecule is CCCNC1CCCCCCCCCCC1S(C)=O. The Morgan fingerprint density at radius 1 is 0.947 bits per heavy atom. The van der Waals surface area contributed by atoms with Crippen LogP contribution in [0.2, 0.25) is 0 Å². The minimum absolute atomic E-state index is 0.367. The van der Waals surface area contributed by atoms with Crippen LogP contribution in [-0.4, -0.2) is 28.3 Å². The highest BCUT2D eigenvalue weighted by Gasteiger charge is 2.23. The van der Waals surface area contributed by atoms with E-state index in [1.54, 1.807) is 0 Å². The molecule has 0 radical (unpaired) electrons. The predicted octanol–water partition coefficient (Wildman–Crippen LogP) is 4.02. The smallest absolute Gasteiger partial charge is 0.0498 e. The van der Waals surface area contributed by atoms with Crippen LogP contribution in [-0.2, 0) is 10.8 Å². The Hall–Kier alpha value is 0.110. The highest BCUT2D eigenvalue weighted by Crippen LogP contribution is 2.20. The van der Waals surface area contributed by atoms with E-state index in [0.29, 0.717) is 11.3 Å². The second-order valence-electron chi connectivity index (χ2n) is 6.00. The van der Waals surface area contributed by atoms with Gasteiger partial charge in [-0.15, -0.1) is 0 Å². The zero-order valence-electron chi connectivity index (χ0n) is 13.0. The fourth-order valence-electron chi connectivity index (χ4n) is 3.12. The fraction of sp³-hybridized carbons (Fsp3) is 1.00. The summed E-state index contributed by atoms with van der Waals surface area (Å²) in [6, 6.07) is 0.477. The molecule has 1 N–H and O–H groups in total. The third-order valence-corrected chi connectivity index (χ3v) is 5.70. The average Bonchev–Trinajstić information content (AvgIpc) is 2.37. The molecule has 0 aromatic carbocycles. The van der Waals surface area contributed by atoms with Crippen LogP contribution in [0, 0.1) is 0 Å². The van der Waals surface area contributed by atoms with E-state index < -0.39 is 10.8 Å². The summed E-state index contributed by atoms with van der Waals surface area (Å²) in [7, 11) is -0.690. The minimum Gasteiger partial charge on any atom is -0.313 e. The molecule has 0 aliphatic heterocycles. The summed E-state index contributed by atoms with van der Waals surface area (Å²) in [5.41, 5.74) is 0. The molecule has 3 unspecified atom stereocenters. The first-order valence-electron chi connectivity index (χ1n) is 8.31. The molecule has 1 aliphatic rings. The van der Waals surface area contributed by atoms with Crippen molar-refractivity contribution in [3.05, 3.63) is 0 Å². The van der Waals surface area contributed by atoms with Crippen molar-refractivity contribution in [2.24, 2.45) is 0 Å². The van der Waals surface area contributed by atoms with Gasteiger partial charge in [-0.2, -0.15) is 0 Å². The van der Waals surface area contributed by atoms with Gasteiger partial charge < -0.3 is 5.32 Å². The molecule has 1 fully saturated rings. The van der Waals surface area contributed by atoms with Gasteiger partial charge in [0, 0.05) is 28.3 Å². The lowest BCUT2D eigenvalue weighted by atomic mass is 9.97. The molecule has 1 saturated carbocycles. The predicted molar refractivity (Wildman–Crippen MR) is 86.1 cm³/mol. The zero-order chi connectivity index (χ0) is 13.9. The Morgan fingerprint density at radius 3 is 2.00 bits per heavy atom. The third-order valence-electron chi connectivity index (χ3n) is 4.29. The maximum atomic E-state index is 12.1. The van der Waals surface area contributed by atoms with Gasteiger partial charge >= 0.3 is 0 Å². The largest absolute Gasteiger partial charge is 0.313 e. The first-order chi connectivity index (χ1) is 9.25. The molecule has 0 aromatic heterocycles. The van der Waals surface area contributed by atoms with Crippen LogP contribution in [0.4, 0.5) is 0 Å². The molecular weight excluding hydrogens is 254 g/mol. The molecule has 0 amide bonds. The topological polar surface area (TPSA) is 29.1 Å². The van der Waals surface area contributed by atoms with Crippen LogP contribution in [0.3, 0.4) is 0 Å². The van der Waals surface area contributed by atoms with Gasteiger partial charge in [0.05, 0.1) is 0 Å². The lowest BCUT2D eigenvalue weighted by Crippen LogP contribution is -2.42. The van der Waals surface area contributed by atoms with Crippen molar-refractivity contribution in [2.45, 2.75) is 88.8 Å². The van der Waals surface area contributed by atoms with E-state index in [1.165, 1.54) is 64.2 Å². The van der Waals surface area contributed by atoms with Crippen molar-refractivity contribution in [1.82, 2.24) is 5.32 Å². The van der Waals surface area contributed by atoms with Gasteiger partial charge in [0.1, 0.15) is 0 Å². The summed E-state index contributed by atoms with van der Waals surface area (Å²) >= 11 is 0. The van der Waals surface area contributed by atoms with Crippen molar-refractivity contribution >= 4 is 10.8 Å². The lowest BCUT2D eigenvalue weighted by Gasteiger charge is -2.27. The van der Waals surface area contributed by atoms with E-state index in [9.17, 15) is 4.21 Å². The van der Waals surface area contributed by atoms with E-state index in [4.69, 9.17) is 0 Å². The van der Waals surface area contributed by atoms with Gasteiger partial charge in [0.15, 0.2) is 0 Å². The second kappa shape index (κ2) is 10.8. The molecule has 3 heteroatoms. The summed E-state index contributed by atoms with van der Waals surface area (Å²) in [6.45, 7) is 3.28. The summed E-state index contributed by atoms with van der Waals surface area (Å²) in [4.78, 5) is 0. The van der Waals surface area contributed by atoms with E-state index in [1.807, 2.05) is 6.26 Å². The monoisotopic (exact) mass is 287 g/mol. The van der Waals surface area contributed by atoms with E-state index in [-0.39, 0.29) is 0 Å². The molecule has 114 valence electrons. The number of hydrogen-bond acceptors (Lipinski definition) is 2. The van der Waals surface area contributed by atoms with Crippen LogP contribution in [0.25, 0.3) is 0 Å². The van der Waals surface area contributed by atoms with Crippen LogP contribution in [0.5, 0.6) is 0 Å². The van der Waals surface area contributed by atoms with Gasteiger partial charge in [-0.1, -0.05) is 58.3 Å². The molecule has 3 atom stereocenters. The fourth-order valence-corrected chi connectivity index (χ4v) is 4.31. The van der Waals surface area contributed by atoms with Gasteiger partial charge in [0.25, 0.3) is 0 Å². The van der Waals surface area contributed by atoms with Crippen LogP contribution >= 0.6 is 0 Å². The summed E-state index contributed by atoms with van der Waals surface area (Å²) in [5.74, 6) is 0. The summed E-state index contributed by atoms with van der Waals surface area (Å²) < 4.78 is 12.1. The molecule has 1 rings (SSSR count). The second-order valence-corrected chi connectivity index (χ2v) is 7.61. The Bertz CT molecular complexity index is 245. The van der Waals surface area contributed by atoms with Crippen LogP contribution in [0.15, 0.2) is 0 Å². The van der Waals surface area contributed by atoms with Crippen LogP contribution < -0.4 is 5.32 Å². The van der Waals surface area contributed by atoms with E-state index >= 15 is 0 Å². The molecule has 1 aliphatic carbocycles. The maximum Gasteiger partial charge on any atom is 0.0498 e. The standard InChI is InChI=1S/C16H33NOS/c1-3-14-17-15-12-10-8-6-4-5-7-9-11-13-16(15)19(2)18/h15-17H,3-14H2,1-2H3. The van der Waals surface area contributed by atoms with E-state index in [0.717, 1.165) is 13.0 Å². The zero-order valence-corrected chi connectivity index (χ0v) is 13.8. The van der Waals surface area contributed by atoms with Crippen molar-refractivity contribution in [3.63, 3.8) is 0 Å². The number of hydrogen-bond donors (Lipinski definition) is 1. The molecule has 19 heavy (non-hydrogen) atoms. The van der Waals surface area contributed by atoms with Crippen LogP contribution in [0.1, 0.15) is 77.6 Å². The lowest BCUT2D eigenvalue weighted by molar-refractivity contribution is 0.409. The normalized spacial score (nSPS) is 29.2. The first-order valence-corrected chi connectivity index (χ1v) is 9.93. The minimum atomic E-state index is -0.690. The summed E-state index contributed by atoms with van der Waals surface area (Å²) in [6.07, 6.45) is 16.2. The van der Waals surface area contributed by atoms with Crippen molar-refractivity contribution in [1.29, 1.82) is 0 Å². The average molecular weight is 288 g/mol. The molecular formula is C16H33NOS. The van der Waals surface area contributed by atoms with Crippen molar-refractivity contribution in [2.75, 3.05) is 12.8 Å². The third kappa shape index (κ3) is 7.45. The maximum absolute atomic E-state index is 12.1. The molecule has 0 heterocycles. The van der Waals surface area contributed by atoms with Crippen molar-refractivity contribution < 1.29 is 4.21 Å². The Balaban J connectivity index is 2.56. The molecule has 0 spiro atoms. The molecule has 0 aromatic rings. The summed E-state index contributed by atoms with van der Waals surface area (Å²) in [5, 5.41) is 4.03. The van der Waals surface area contributed by atoms with Gasteiger partial charge in [0.2, 0.25) is 0 Å². The van der Waals surface area contributed by atoms with E-state index in [2.05, 4.69) is 12.2 Å². The highest BCUT2D eigenvalue weighted by atomic mass is 32.2. The Kier molecular flexibility index (Phi) is 9.80. The van der Waals surface area contributed by atoms with Gasteiger partial charge in [-0.25, -0.2) is 0 Å².